The maximum Gasteiger partial charge on any atom is 0.338 e. The summed E-state index contributed by atoms with van der Waals surface area (Å²) in [6.07, 6.45) is 0. The molecule has 2 N–H and O–H groups in total. The number of rotatable bonds is 8. The van der Waals surface area contributed by atoms with Crippen molar-refractivity contribution in [3.8, 4) is 11.5 Å². The highest BCUT2D eigenvalue weighted by atomic mass is 32.1. The van der Waals surface area contributed by atoms with E-state index >= 15 is 0 Å². The number of anilines is 1. The summed E-state index contributed by atoms with van der Waals surface area (Å²) in [6, 6.07) is 12.7. The van der Waals surface area contributed by atoms with Crippen LogP contribution < -0.4 is 20.1 Å². The molecule has 2 rings (SSSR count). The third-order valence-electron chi connectivity index (χ3n) is 3.93. The van der Waals surface area contributed by atoms with Crippen molar-refractivity contribution in [2.75, 3.05) is 25.6 Å². The van der Waals surface area contributed by atoms with E-state index in [0.717, 1.165) is 22.7 Å². The molecule has 0 unspecified atom stereocenters. The van der Waals surface area contributed by atoms with Crippen molar-refractivity contribution in [2.24, 2.45) is 0 Å². The van der Waals surface area contributed by atoms with Gasteiger partial charge in [-0.05, 0) is 75.0 Å². The molecule has 2 aromatic carbocycles. The molecular weight excluding hydrogens is 376 g/mol. The van der Waals surface area contributed by atoms with Gasteiger partial charge in [0.2, 0.25) is 0 Å². The summed E-state index contributed by atoms with van der Waals surface area (Å²) in [5.74, 6) is 1.18. The Bertz CT molecular complexity index is 809. The molecule has 0 aliphatic heterocycles. The lowest BCUT2D eigenvalue weighted by Gasteiger charge is -2.19. The van der Waals surface area contributed by atoms with Gasteiger partial charge in [0, 0.05) is 5.69 Å². The van der Waals surface area contributed by atoms with Gasteiger partial charge in [-0.1, -0.05) is 6.07 Å². The minimum Gasteiger partial charge on any atom is -0.497 e. The first-order valence-electron chi connectivity index (χ1n) is 9.05. The van der Waals surface area contributed by atoms with Crippen LogP contribution in [0.4, 0.5) is 5.69 Å². The van der Waals surface area contributed by atoms with Crippen LogP contribution in [0.1, 0.15) is 29.8 Å². The quantitative estimate of drug-likeness (QED) is 0.512. The highest BCUT2D eigenvalue weighted by molar-refractivity contribution is 7.80. The summed E-state index contributed by atoms with van der Waals surface area (Å²) in [4.78, 5) is 11.9. The van der Waals surface area contributed by atoms with Gasteiger partial charge < -0.3 is 24.8 Å². The first kappa shape index (κ1) is 21.5. The van der Waals surface area contributed by atoms with Gasteiger partial charge in [-0.3, -0.25) is 0 Å². The topological polar surface area (TPSA) is 68.8 Å². The number of benzene rings is 2. The van der Waals surface area contributed by atoms with Crippen molar-refractivity contribution in [1.29, 1.82) is 0 Å². The Morgan fingerprint density at radius 2 is 1.82 bits per heavy atom. The molecule has 7 heteroatoms. The molecule has 0 saturated carbocycles. The average molecular weight is 403 g/mol. The molecule has 0 aliphatic carbocycles. The summed E-state index contributed by atoms with van der Waals surface area (Å²) >= 11 is 5.39. The number of carbonyl (C=O) groups is 1. The highest BCUT2D eigenvalue weighted by Crippen LogP contribution is 2.18. The van der Waals surface area contributed by atoms with Crippen molar-refractivity contribution in [1.82, 2.24) is 5.32 Å². The minimum atomic E-state index is -0.356. The predicted molar refractivity (Wildman–Crippen MR) is 114 cm³/mol. The number of aryl methyl sites for hydroxylation is 1. The van der Waals surface area contributed by atoms with Crippen LogP contribution in [0, 0.1) is 6.92 Å². The van der Waals surface area contributed by atoms with Gasteiger partial charge in [0.1, 0.15) is 18.1 Å². The smallest absolute Gasteiger partial charge is 0.338 e. The van der Waals surface area contributed by atoms with Gasteiger partial charge in [0.25, 0.3) is 0 Å². The first-order chi connectivity index (χ1) is 13.4. The second-order valence-electron chi connectivity index (χ2n) is 6.24. The van der Waals surface area contributed by atoms with E-state index in [2.05, 4.69) is 10.6 Å². The fourth-order valence-electron chi connectivity index (χ4n) is 2.42. The Balaban J connectivity index is 1.88. The zero-order valence-electron chi connectivity index (χ0n) is 16.6. The number of thiocarbonyl (C=S) groups is 1. The summed E-state index contributed by atoms with van der Waals surface area (Å²) in [5, 5.41) is 6.76. The van der Waals surface area contributed by atoms with Gasteiger partial charge in [-0.2, -0.15) is 0 Å². The minimum absolute atomic E-state index is 0.0179. The van der Waals surface area contributed by atoms with Crippen LogP contribution in [0.2, 0.25) is 0 Å². The van der Waals surface area contributed by atoms with Crippen molar-refractivity contribution >= 4 is 29.0 Å². The van der Waals surface area contributed by atoms with Crippen molar-refractivity contribution in [3.63, 3.8) is 0 Å². The Morgan fingerprint density at radius 1 is 1.14 bits per heavy atom. The maximum absolute atomic E-state index is 11.9. The van der Waals surface area contributed by atoms with Gasteiger partial charge >= 0.3 is 5.97 Å². The van der Waals surface area contributed by atoms with Crippen molar-refractivity contribution < 1.29 is 19.0 Å². The van der Waals surface area contributed by atoms with Gasteiger partial charge in [0.15, 0.2) is 5.11 Å². The summed E-state index contributed by atoms with van der Waals surface area (Å²) in [5.41, 5.74) is 2.21. The monoisotopic (exact) mass is 402 g/mol. The zero-order chi connectivity index (χ0) is 20.5. The van der Waals surface area contributed by atoms with E-state index in [1.807, 2.05) is 44.2 Å². The number of nitrogens with one attached hydrogen (secondary N) is 2. The fraction of sp³-hybridized carbons (Fsp3) is 0.333. The number of hydrogen-bond donors (Lipinski definition) is 2. The van der Waals surface area contributed by atoms with Crippen LogP contribution in [0.15, 0.2) is 42.5 Å². The molecule has 0 amide bonds. The summed E-state index contributed by atoms with van der Waals surface area (Å²) in [6.45, 7) is 6.46. The lowest BCUT2D eigenvalue weighted by atomic mass is 10.1. The lowest BCUT2D eigenvalue weighted by molar-refractivity contribution is 0.0526. The molecule has 0 heterocycles. The SMILES string of the molecule is CCOC(=O)c1ccc(C)c(NC(=S)N[C@@H](C)COc2ccc(OC)cc2)c1. The van der Waals surface area contributed by atoms with Crippen LogP contribution in [-0.4, -0.2) is 37.4 Å². The van der Waals surface area contributed by atoms with Gasteiger partial charge in [-0.25, -0.2) is 4.79 Å². The number of hydrogen-bond acceptors (Lipinski definition) is 5. The number of esters is 1. The molecule has 0 saturated heterocycles. The Labute approximate surface area is 171 Å². The zero-order valence-corrected chi connectivity index (χ0v) is 17.4. The summed E-state index contributed by atoms with van der Waals surface area (Å²) in [7, 11) is 1.62. The maximum atomic E-state index is 11.9. The van der Waals surface area contributed by atoms with Crippen LogP contribution in [0.5, 0.6) is 11.5 Å². The molecular formula is C21H26N2O4S. The van der Waals surface area contributed by atoms with E-state index in [4.69, 9.17) is 26.4 Å². The number of ether oxygens (including phenoxy) is 3. The van der Waals surface area contributed by atoms with Crippen LogP contribution in [-0.2, 0) is 4.74 Å². The molecule has 0 aromatic heterocycles. The predicted octanol–water partition coefficient (Wildman–Crippen LogP) is 3.93. The van der Waals surface area contributed by atoms with Crippen molar-refractivity contribution in [3.05, 3.63) is 53.6 Å². The van der Waals surface area contributed by atoms with Crippen LogP contribution >= 0.6 is 12.2 Å². The largest absolute Gasteiger partial charge is 0.497 e. The lowest BCUT2D eigenvalue weighted by Crippen LogP contribution is -2.39. The molecule has 0 bridgehead atoms. The second-order valence-corrected chi connectivity index (χ2v) is 6.64. The summed E-state index contributed by atoms with van der Waals surface area (Å²) < 4.78 is 15.9. The van der Waals surface area contributed by atoms with E-state index in [1.54, 1.807) is 26.2 Å². The first-order valence-corrected chi connectivity index (χ1v) is 9.46. The van der Waals surface area contributed by atoms with E-state index < -0.39 is 0 Å². The van der Waals surface area contributed by atoms with Crippen LogP contribution in [0.25, 0.3) is 0 Å². The Morgan fingerprint density at radius 3 is 2.46 bits per heavy atom. The molecule has 0 fully saturated rings. The molecule has 6 nitrogen and oxygen atoms in total. The fourth-order valence-corrected chi connectivity index (χ4v) is 2.73. The van der Waals surface area contributed by atoms with E-state index in [0.29, 0.717) is 23.9 Å². The van der Waals surface area contributed by atoms with E-state index in [1.165, 1.54) is 0 Å². The third kappa shape index (κ3) is 6.42. The molecule has 1 atom stereocenters. The van der Waals surface area contributed by atoms with Gasteiger partial charge in [0.05, 0.1) is 25.3 Å². The van der Waals surface area contributed by atoms with Crippen LogP contribution in [0.3, 0.4) is 0 Å². The van der Waals surface area contributed by atoms with Crippen molar-refractivity contribution in [2.45, 2.75) is 26.8 Å². The number of carbonyl (C=O) groups excluding carboxylic acids is 1. The van der Waals surface area contributed by atoms with E-state index in [-0.39, 0.29) is 12.0 Å². The highest BCUT2D eigenvalue weighted by Gasteiger charge is 2.11. The molecule has 2 aromatic rings. The molecule has 28 heavy (non-hydrogen) atoms. The van der Waals surface area contributed by atoms with Gasteiger partial charge in [-0.15, -0.1) is 0 Å². The number of methoxy groups -OCH3 is 1. The van der Waals surface area contributed by atoms with E-state index in [9.17, 15) is 4.79 Å². The molecule has 150 valence electrons. The Kier molecular flexibility index (Phi) is 8.07. The molecule has 0 aliphatic rings. The normalized spacial score (nSPS) is 11.3. The Hall–Kier alpha value is -2.80. The molecule has 0 spiro atoms. The third-order valence-corrected chi connectivity index (χ3v) is 4.15. The second kappa shape index (κ2) is 10.5. The average Bonchev–Trinajstić information content (AvgIpc) is 2.68. The standard InChI is InChI=1S/C21H26N2O4S/c1-5-26-20(24)16-7-6-14(2)19(12-16)23-21(28)22-15(3)13-27-18-10-8-17(25-4)9-11-18/h6-12,15H,5,13H2,1-4H3,(H2,22,23,28)/t15-/m0/s1. The molecule has 0 radical (unpaired) electrons.